The van der Waals surface area contributed by atoms with Crippen molar-refractivity contribution in [3.63, 3.8) is 0 Å². The minimum absolute atomic E-state index is 0.222. The molecule has 1 N–H and O–H groups in total. The fraction of sp³-hybridized carbons (Fsp3) is 0.250. The topological polar surface area (TPSA) is 69.3 Å². The first-order valence-electron chi connectivity index (χ1n) is 10.1. The lowest BCUT2D eigenvalue weighted by atomic mass is 10.1. The maximum Gasteiger partial charge on any atom is 0.286 e. The molecule has 0 aliphatic rings. The Labute approximate surface area is 175 Å². The van der Waals surface area contributed by atoms with Crippen LogP contribution in [-0.4, -0.2) is 28.6 Å². The van der Waals surface area contributed by atoms with E-state index in [0.717, 1.165) is 22.6 Å². The van der Waals surface area contributed by atoms with E-state index in [1.807, 2.05) is 24.3 Å². The summed E-state index contributed by atoms with van der Waals surface area (Å²) in [5.41, 5.74) is 4.47. The van der Waals surface area contributed by atoms with Gasteiger partial charge in [-0.1, -0.05) is 18.2 Å². The van der Waals surface area contributed by atoms with E-state index >= 15 is 0 Å². The smallest absolute Gasteiger partial charge is 0.286 e. The van der Waals surface area contributed by atoms with Crippen molar-refractivity contribution in [1.82, 2.24) is 14.9 Å². The molecule has 0 spiro atoms. The van der Waals surface area contributed by atoms with Gasteiger partial charge in [-0.15, -0.1) is 0 Å². The number of fused-ring (bicyclic) bond motifs is 1. The Morgan fingerprint density at radius 3 is 2.77 bits per heavy atom. The van der Waals surface area contributed by atoms with Gasteiger partial charge in [0.1, 0.15) is 18.2 Å². The highest BCUT2D eigenvalue weighted by Gasteiger charge is 2.12. The van der Waals surface area contributed by atoms with Gasteiger partial charge in [-0.05, 0) is 61.4 Å². The van der Waals surface area contributed by atoms with Gasteiger partial charge in [0.05, 0.1) is 23.8 Å². The summed E-state index contributed by atoms with van der Waals surface area (Å²) < 4.78 is 13.3. The zero-order valence-corrected chi connectivity index (χ0v) is 17.2. The summed E-state index contributed by atoms with van der Waals surface area (Å²) in [6.07, 6.45) is 2.11. The van der Waals surface area contributed by atoms with E-state index < -0.39 is 0 Å². The van der Waals surface area contributed by atoms with Crippen LogP contribution in [0.15, 0.2) is 65.3 Å². The van der Waals surface area contributed by atoms with Crippen LogP contribution < -0.4 is 10.1 Å². The van der Waals surface area contributed by atoms with Crippen molar-refractivity contribution >= 4 is 16.9 Å². The molecule has 0 bridgehead atoms. The Morgan fingerprint density at radius 1 is 1.10 bits per heavy atom. The largest absolute Gasteiger partial charge is 0.492 e. The van der Waals surface area contributed by atoms with Gasteiger partial charge in [-0.2, -0.15) is 0 Å². The van der Waals surface area contributed by atoms with Gasteiger partial charge in [0.15, 0.2) is 5.76 Å². The van der Waals surface area contributed by atoms with Crippen molar-refractivity contribution in [1.29, 1.82) is 0 Å². The third-order valence-corrected chi connectivity index (χ3v) is 5.17. The highest BCUT2D eigenvalue weighted by atomic mass is 16.5. The number of hydrogen-bond donors (Lipinski definition) is 1. The predicted molar refractivity (Wildman–Crippen MR) is 116 cm³/mol. The number of carbonyl (C=O) groups is 1. The van der Waals surface area contributed by atoms with Crippen LogP contribution in [0.4, 0.5) is 0 Å². The van der Waals surface area contributed by atoms with Crippen LogP contribution in [-0.2, 0) is 13.0 Å². The van der Waals surface area contributed by atoms with E-state index in [9.17, 15) is 4.79 Å². The van der Waals surface area contributed by atoms with Crippen LogP contribution in [0, 0.1) is 13.8 Å². The highest BCUT2D eigenvalue weighted by Crippen LogP contribution is 2.19. The molecule has 0 aliphatic heterocycles. The monoisotopic (exact) mass is 403 g/mol. The number of carbonyl (C=O) groups excluding carboxylic acids is 1. The van der Waals surface area contributed by atoms with Gasteiger partial charge < -0.3 is 19.0 Å². The number of nitrogens with zero attached hydrogens (tertiary/aromatic N) is 2. The standard InChI is InChI=1S/C24H25N3O3/c1-17-9-10-19(16-18(17)2)29-15-13-27-21-7-4-3-6-20(21)26-23(27)11-12-25-24(28)22-8-5-14-30-22/h3-10,14,16H,11-13,15H2,1-2H3,(H,25,28). The Balaban J connectivity index is 1.43. The molecule has 0 radical (unpaired) electrons. The number of hydrogen-bond acceptors (Lipinski definition) is 4. The molecule has 2 heterocycles. The zero-order valence-electron chi connectivity index (χ0n) is 17.2. The van der Waals surface area contributed by atoms with Crippen molar-refractivity contribution < 1.29 is 13.9 Å². The molecule has 4 aromatic rings. The molecule has 0 saturated carbocycles. The first kappa shape index (κ1) is 19.8. The molecule has 2 aromatic carbocycles. The molecular weight excluding hydrogens is 378 g/mol. The van der Waals surface area contributed by atoms with Crippen LogP contribution in [0.5, 0.6) is 5.75 Å². The Bertz CT molecular complexity index is 1150. The molecule has 0 aliphatic carbocycles. The van der Waals surface area contributed by atoms with Crippen molar-refractivity contribution in [2.45, 2.75) is 26.8 Å². The number of ether oxygens (including phenoxy) is 1. The minimum Gasteiger partial charge on any atom is -0.492 e. The van der Waals surface area contributed by atoms with Gasteiger partial charge in [-0.3, -0.25) is 4.79 Å². The van der Waals surface area contributed by atoms with Crippen LogP contribution >= 0.6 is 0 Å². The molecule has 0 unspecified atom stereocenters. The second-order valence-electron chi connectivity index (χ2n) is 7.25. The number of aromatic nitrogens is 2. The first-order valence-corrected chi connectivity index (χ1v) is 10.1. The minimum atomic E-state index is -0.222. The van der Waals surface area contributed by atoms with Gasteiger partial charge in [0.25, 0.3) is 5.91 Å². The fourth-order valence-corrected chi connectivity index (χ4v) is 3.41. The molecule has 1 amide bonds. The molecule has 6 heteroatoms. The highest BCUT2D eigenvalue weighted by molar-refractivity contribution is 5.91. The molecule has 6 nitrogen and oxygen atoms in total. The summed E-state index contributed by atoms with van der Waals surface area (Å²) in [5.74, 6) is 1.88. The number of para-hydroxylation sites is 2. The fourth-order valence-electron chi connectivity index (χ4n) is 3.41. The van der Waals surface area contributed by atoms with Crippen LogP contribution in [0.1, 0.15) is 27.5 Å². The Morgan fingerprint density at radius 2 is 1.97 bits per heavy atom. The molecule has 4 rings (SSSR count). The van der Waals surface area contributed by atoms with E-state index in [1.165, 1.54) is 17.4 Å². The number of furan rings is 1. The molecule has 0 atom stereocenters. The van der Waals surface area contributed by atoms with E-state index in [4.69, 9.17) is 14.1 Å². The maximum absolute atomic E-state index is 12.1. The van der Waals surface area contributed by atoms with Crippen molar-refractivity contribution in [2.75, 3.05) is 13.2 Å². The summed E-state index contributed by atoms with van der Waals surface area (Å²) in [6, 6.07) is 17.5. The SMILES string of the molecule is Cc1ccc(OCCn2c(CCNC(=O)c3ccco3)nc3ccccc32)cc1C. The first-order chi connectivity index (χ1) is 14.6. The zero-order chi connectivity index (χ0) is 20.9. The molecular formula is C24H25N3O3. The lowest BCUT2D eigenvalue weighted by Crippen LogP contribution is -2.26. The van der Waals surface area contributed by atoms with Gasteiger partial charge >= 0.3 is 0 Å². The average molecular weight is 403 g/mol. The van der Waals surface area contributed by atoms with Crippen LogP contribution in [0.3, 0.4) is 0 Å². The number of nitrogens with one attached hydrogen (secondary N) is 1. The number of benzene rings is 2. The van der Waals surface area contributed by atoms with Crippen molar-refractivity contribution in [3.8, 4) is 5.75 Å². The second-order valence-corrected chi connectivity index (χ2v) is 7.25. The Kier molecular flexibility index (Phi) is 5.84. The lowest BCUT2D eigenvalue weighted by Gasteiger charge is -2.12. The van der Waals surface area contributed by atoms with Crippen molar-refractivity contribution in [2.24, 2.45) is 0 Å². The van der Waals surface area contributed by atoms with E-state index in [1.54, 1.807) is 12.1 Å². The van der Waals surface area contributed by atoms with Gasteiger partial charge in [-0.25, -0.2) is 4.98 Å². The van der Waals surface area contributed by atoms with Crippen LogP contribution in [0.2, 0.25) is 0 Å². The second kappa shape index (κ2) is 8.86. The summed E-state index contributed by atoms with van der Waals surface area (Å²) in [7, 11) is 0. The summed E-state index contributed by atoms with van der Waals surface area (Å²) in [5, 5.41) is 2.88. The normalized spacial score (nSPS) is 11.0. The lowest BCUT2D eigenvalue weighted by molar-refractivity contribution is 0.0926. The number of rotatable bonds is 8. The third-order valence-electron chi connectivity index (χ3n) is 5.17. The quantitative estimate of drug-likeness (QED) is 0.476. The molecule has 2 aromatic heterocycles. The number of aryl methyl sites for hydroxylation is 2. The predicted octanol–water partition coefficient (Wildman–Crippen LogP) is 4.30. The van der Waals surface area contributed by atoms with E-state index in [2.05, 4.69) is 41.9 Å². The summed E-state index contributed by atoms with van der Waals surface area (Å²) in [4.78, 5) is 16.8. The van der Waals surface area contributed by atoms with Crippen LogP contribution in [0.25, 0.3) is 11.0 Å². The maximum atomic E-state index is 12.1. The average Bonchev–Trinajstić information content (AvgIpc) is 3.39. The van der Waals surface area contributed by atoms with E-state index in [0.29, 0.717) is 31.9 Å². The summed E-state index contributed by atoms with van der Waals surface area (Å²) >= 11 is 0. The van der Waals surface area contributed by atoms with Gasteiger partial charge in [0.2, 0.25) is 0 Å². The molecule has 30 heavy (non-hydrogen) atoms. The molecule has 0 saturated heterocycles. The Hall–Kier alpha value is -3.54. The van der Waals surface area contributed by atoms with E-state index in [-0.39, 0.29) is 5.91 Å². The third kappa shape index (κ3) is 4.38. The number of amides is 1. The van der Waals surface area contributed by atoms with Crippen molar-refractivity contribution in [3.05, 3.63) is 83.6 Å². The molecule has 0 fully saturated rings. The summed E-state index contributed by atoms with van der Waals surface area (Å²) in [6.45, 7) is 5.86. The number of imidazole rings is 1. The molecule has 154 valence electrons. The van der Waals surface area contributed by atoms with Gasteiger partial charge in [0, 0.05) is 13.0 Å².